The average molecular weight is 272 g/mol. The van der Waals surface area contributed by atoms with E-state index in [2.05, 4.69) is 25.4 Å². The van der Waals surface area contributed by atoms with Gasteiger partial charge in [0.15, 0.2) is 11.6 Å². The Labute approximate surface area is 114 Å². The standard InChI is InChI=1S/C13H13FN6/c1-7-12(14)13(20-15)19-10(16-7)6-11-17-8-4-2-3-5-9(8)18-11/h2-5H,6,15H2,1H3,(H,17,18)(H,16,19,20). The van der Waals surface area contributed by atoms with Crippen LogP contribution in [0.15, 0.2) is 24.3 Å². The molecule has 0 spiro atoms. The number of benzene rings is 1. The Morgan fingerprint density at radius 2 is 2.05 bits per heavy atom. The number of aromatic nitrogens is 4. The van der Waals surface area contributed by atoms with Crippen LogP contribution in [0.5, 0.6) is 0 Å². The Hall–Kier alpha value is -2.54. The fourth-order valence-corrected chi connectivity index (χ4v) is 2.03. The summed E-state index contributed by atoms with van der Waals surface area (Å²) >= 11 is 0. The van der Waals surface area contributed by atoms with Gasteiger partial charge in [0.25, 0.3) is 0 Å². The molecule has 4 N–H and O–H groups in total. The normalized spacial score (nSPS) is 10.9. The van der Waals surface area contributed by atoms with Gasteiger partial charge in [-0.1, -0.05) is 12.1 Å². The van der Waals surface area contributed by atoms with Crippen LogP contribution in [-0.2, 0) is 6.42 Å². The lowest BCUT2D eigenvalue weighted by molar-refractivity contribution is 0.600. The molecule has 0 bridgehead atoms. The number of hydrogen-bond acceptors (Lipinski definition) is 5. The van der Waals surface area contributed by atoms with Crippen molar-refractivity contribution in [1.82, 2.24) is 19.9 Å². The van der Waals surface area contributed by atoms with Crippen LogP contribution in [0.3, 0.4) is 0 Å². The molecular formula is C13H13FN6. The number of fused-ring (bicyclic) bond motifs is 1. The number of nitrogen functional groups attached to an aromatic ring is 1. The molecule has 102 valence electrons. The summed E-state index contributed by atoms with van der Waals surface area (Å²) in [5.74, 6) is 5.86. The van der Waals surface area contributed by atoms with Gasteiger partial charge in [-0.05, 0) is 19.1 Å². The maximum atomic E-state index is 13.6. The van der Waals surface area contributed by atoms with E-state index in [1.54, 1.807) is 6.92 Å². The quantitative estimate of drug-likeness (QED) is 0.498. The lowest BCUT2D eigenvalue weighted by Crippen LogP contribution is -2.14. The van der Waals surface area contributed by atoms with E-state index in [9.17, 15) is 4.39 Å². The number of hydrazine groups is 1. The van der Waals surface area contributed by atoms with Gasteiger partial charge in [0, 0.05) is 0 Å². The van der Waals surface area contributed by atoms with E-state index in [0.29, 0.717) is 12.2 Å². The number of nitrogens with two attached hydrogens (primary N) is 1. The number of hydrogen-bond donors (Lipinski definition) is 3. The van der Waals surface area contributed by atoms with Gasteiger partial charge in [0.2, 0.25) is 0 Å². The third-order valence-corrected chi connectivity index (χ3v) is 2.96. The molecule has 0 aliphatic heterocycles. The van der Waals surface area contributed by atoms with Crippen molar-refractivity contribution >= 4 is 16.9 Å². The maximum Gasteiger partial charge on any atom is 0.187 e. The molecule has 0 fully saturated rings. The zero-order valence-electron chi connectivity index (χ0n) is 10.8. The van der Waals surface area contributed by atoms with Crippen LogP contribution in [0, 0.1) is 12.7 Å². The van der Waals surface area contributed by atoms with Gasteiger partial charge in [-0.3, -0.25) is 0 Å². The first-order valence-corrected chi connectivity index (χ1v) is 6.10. The molecule has 3 rings (SSSR count). The number of halogens is 1. The molecule has 2 heterocycles. The number of anilines is 1. The van der Waals surface area contributed by atoms with E-state index in [1.807, 2.05) is 24.3 Å². The van der Waals surface area contributed by atoms with Gasteiger partial charge >= 0.3 is 0 Å². The second-order valence-corrected chi connectivity index (χ2v) is 4.41. The Morgan fingerprint density at radius 1 is 1.25 bits per heavy atom. The van der Waals surface area contributed by atoms with Gasteiger partial charge in [-0.2, -0.15) is 0 Å². The molecule has 0 aliphatic carbocycles. The minimum atomic E-state index is -0.541. The number of para-hydroxylation sites is 2. The molecule has 3 aromatic rings. The van der Waals surface area contributed by atoms with Crippen molar-refractivity contribution in [3.8, 4) is 0 Å². The van der Waals surface area contributed by atoms with Gasteiger partial charge in [0.1, 0.15) is 11.6 Å². The smallest absolute Gasteiger partial charge is 0.187 e. The molecule has 7 heteroatoms. The summed E-state index contributed by atoms with van der Waals surface area (Å²) in [5, 5.41) is 0. The van der Waals surface area contributed by atoms with E-state index in [1.165, 1.54) is 0 Å². The average Bonchev–Trinajstić information content (AvgIpc) is 2.84. The highest BCUT2D eigenvalue weighted by atomic mass is 19.1. The molecule has 20 heavy (non-hydrogen) atoms. The van der Waals surface area contributed by atoms with Crippen molar-refractivity contribution in [2.75, 3.05) is 5.43 Å². The predicted octanol–water partition coefficient (Wildman–Crippen LogP) is 1.68. The fourth-order valence-electron chi connectivity index (χ4n) is 2.03. The third-order valence-electron chi connectivity index (χ3n) is 2.96. The number of rotatable bonds is 3. The van der Waals surface area contributed by atoms with Gasteiger partial charge in [-0.15, -0.1) is 0 Å². The van der Waals surface area contributed by atoms with Crippen LogP contribution >= 0.6 is 0 Å². The molecule has 0 amide bonds. The van der Waals surface area contributed by atoms with E-state index in [-0.39, 0.29) is 11.5 Å². The maximum absolute atomic E-state index is 13.6. The minimum Gasteiger partial charge on any atom is -0.342 e. The zero-order chi connectivity index (χ0) is 14.1. The lowest BCUT2D eigenvalue weighted by atomic mass is 10.3. The molecule has 6 nitrogen and oxygen atoms in total. The largest absolute Gasteiger partial charge is 0.342 e. The Bertz CT molecular complexity index is 734. The first kappa shape index (κ1) is 12.5. The van der Waals surface area contributed by atoms with Crippen LogP contribution in [-0.4, -0.2) is 19.9 Å². The second kappa shape index (κ2) is 4.86. The second-order valence-electron chi connectivity index (χ2n) is 4.41. The molecule has 0 radical (unpaired) electrons. The molecule has 1 aromatic carbocycles. The van der Waals surface area contributed by atoms with Crippen LogP contribution < -0.4 is 11.3 Å². The summed E-state index contributed by atoms with van der Waals surface area (Å²) in [5.41, 5.74) is 4.30. The van der Waals surface area contributed by atoms with Crippen molar-refractivity contribution in [2.24, 2.45) is 5.84 Å². The van der Waals surface area contributed by atoms with Crippen molar-refractivity contribution in [1.29, 1.82) is 0 Å². The SMILES string of the molecule is Cc1nc(Cc2nc3ccccc3[nH]2)nc(NN)c1F. The summed E-state index contributed by atoms with van der Waals surface area (Å²) in [7, 11) is 0. The number of imidazole rings is 1. The van der Waals surface area contributed by atoms with Crippen LogP contribution in [0.4, 0.5) is 10.2 Å². The van der Waals surface area contributed by atoms with Crippen molar-refractivity contribution in [3.05, 3.63) is 47.4 Å². The monoisotopic (exact) mass is 272 g/mol. The topological polar surface area (TPSA) is 92.5 Å². The van der Waals surface area contributed by atoms with Crippen LogP contribution in [0.1, 0.15) is 17.3 Å². The first-order chi connectivity index (χ1) is 9.67. The van der Waals surface area contributed by atoms with Crippen LogP contribution in [0.25, 0.3) is 11.0 Å². The Morgan fingerprint density at radius 3 is 2.80 bits per heavy atom. The van der Waals surface area contributed by atoms with Crippen LogP contribution in [0.2, 0.25) is 0 Å². The van der Waals surface area contributed by atoms with Gasteiger partial charge < -0.3 is 10.4 Å². The Kier molecular flexibility index (Phi) is 3.03. The molecule has 0 atom stereocenters. The molecular weight excluding hydrogens is 259 g/mol. The Balaban J connectivity index is 1.96. The summed E-state index contributed by atoms with van der Waals surface area (Å²) in [6.45, 7) is 1.57. The fraction of sp³-hybridized carbons (Fsp3) is 0.154. The van der Waals surface area contributed by atoms with E-state index in [4.69, 9.17) is 5.84 Å². The third kappa shape index (κ3) is 2.19. The molecule has 0 unspecified atom stereocenters. The lowest BCUT2D eigenvalue weighted by Gasteiger charge is -2.06. The molecule has 2 aromatic heterocycles. The van der Waals surface area contributed by atoms with Gasteiger partial charge in [0.05, 0.1) is 23.1 Å². The van der Waals surface area contributed by atoms with Gasteiger partial charge in [-0.25, -0.2) is 25.2 Å². The first-order valence-electron chi connectivity index (χ1n) is 6.10. The number of aromatic amines is 1. The number of H-pyrrole nitrogens is 1. The van der Waals surface area contributed by atoms with E-state index >= 15 is 0 Å². The molecule has 0 saturated carbocycles. The molecule has 0 aliphatic rings. The summed E-state index contributed by atoms with van der Waals surface area (Å²) in [4.78, 5) is 15.8. The van der Waals surface area contributed by atoms with Crippen molar-refractivity contribution < 1.29 is 4.39 Å². The predicted molar refractivity (Wildman–Crippen MR) is 73.4 cm³/mol. The summed E-state index contributed by atoms with van der Waals surface area (Å²) in [6.07, 6.45) is 0.379. The minimum absolute atomic E-state index is 0.0105. The van der Waals surface area contributed by atoms with E-state index < -0.39 is 5.82 Å². The van der Waals surface area contributed by atoms with Crippen molar-refractivity contribution in [2.45, 2.75) is 13.3 Å². The number of nitrogens with one attached hydrogen (secondary N) is 2. The highest BCUT2D eigenvalue weighted by molar-refractivity contribution is 5.74. The number of aryl methyl sites for hydroxylation is 1. The summed E-state index contributed by atoms with van der Waals surface area (Å²) in [6, 6.07) is 7.70. The number of nitrogens with zero attached hydrogens (tertiary/aromatic N) is 3. The highest BCUT2D eigenvalue weighted by Gasteiger charge is 2.12. The highest BCUT2D eigenvalue weighted by Crippen LogP contribution is 2.16. The van der Waals surface area contributed by atoms with Crippen molar-refractivity contribution in [3.63, 3.8) is 0 Å². The molecule has 0 saturated heterocycles. The zero-order valence-corrected chi connectivity index (χ0v) is 10.8. The van der Waals surface area contributed by atoms with E-state index in [0.717, 1.165) is 16.9 Å². The summed E-state index contributed by atoms with van der Waals surface area (Å²) < 4.78 is 13.6.